The minimum absolute atomic E-state index is 0.0599. The predicted molar refractivity (Wildman–Crippen MR) is 91.1 cm³/mol. The normalized spacial score (nSPS) is 11.2. The number of thiazole rings is 1. The van der Waals surface area contributed by atoms with Gasteiger partial charge in [0.2, 0.25) is 5.78 Å². The van der Waals surface area contributed by atoms with Gasteiger partial charge in [-0.2, -0.15) is 0 Å². The van der Waals surface area contributed by atoms with E-state index in [0.717, 1.165) is 10.2 Å². The van der Waals surface area contributed by atoms with E-state index >= 15 is 0 Å². The number of ketones is 1. The summed E-state index contributed by atoms with van der Waals surface area (Å²) in [6, 6.07) is 11.9. The van der Waals surface area contributed by atoms with Gasteiger partial charge < -0.3 is 0 Å². The van der Waals surface area contributed by atoms with Crippen molar-refractivity contribution < 1.29 is 9.72 Å². The third kappa shape index (κ3) is 3.28. The molecule has 1 heterocycles. The summed E-state index contributed by atoms with van der Waals surface area (Å²) in [6.45, 7) is 0. The number of halogens is 1. The van der Waals surface area contributed by atoms with E-state index in [1.165, 1.54) is 35.6 Å². The van der Waals surface area contributed by atoms with Gasteiger partial charge in [-0.1, -0.05) is 35.9 Å². The second kappa shape index (κ2) is 6.28. The topological polar surface area (TPSA) is 73.1 Å². The molecule has 0 aliphatic rings. The number of hydrogen-bond donors (Lipinski definition) is 0. The number of carbonyl (C=O) groups is 1. The van der Waals surface area contributed by atoms with Gasteiger partial charge in [-0.15, -0.1) is 11.3 Å². The van der Waals surface area contributed by atoms with Crippen molar-refractivity contribution in [1.82, 2.24) is 4.98 Å². The number of rotatable bonds is 4. The molecule has 0 N–H and O–H groups in total. The second-order valence-corrected chi connectivity index (χ2v) is 6.09. The van der Waals surface area contributed by atoms with Crippen molar-refractivity contribution in [2.75, 3.05) is 0 Å². The minimum atomic E-state index is -0.560. The Labute approximate surface area is 140 Å². The van der Waals surface area contributed by atoms with Crippen molar-refractivity contribution in [2.24, 2.45) is 0 Å². The van der Waals surface area contributed by atoms with Crippen LogP contribution in [0.2, 0.25) is 5.02 Å². The molecule has 0 unspecified atom stereocenters. The van der Waals surface area contributed by atoms with E-state index in [4.69, 9.17) is 11.6 Å². The van der Waals surface area contributed by atoms with Crippen LogP contribution in [0.15, 0.2) is 48.5 Å². The van der Waals surface area contributed by atoms with E-state index < -0.39 is 4.92 Å². The van der Waals surface area contributed by atoms with Crippen molar-refractivity contribution in [3.63, 3.8) is 0 Å². The van der Waals surface area contributed by atoms with Crippen LogP contribution in [0.25, 0.3) is 16.3 Å². The van der Waals surface area contributed by atoms with E-state index in [2.05, 4.69) is 4.98 Å². The largest absolute Gasteiger partial charge is 0.288 e. The van der Waals surface area contributed by atoms with Crippen molar-refractivity contribution in [1.29, 1.82) is 0 Å². The average Bonchev–Trinajstić information content (AvgIpc) is 2.97. The first-order chi connectivity index (χ1) is 11.0. The van der Waals surface area contributed by atoms with Crippen LogP contribution in [0.1, 0.15) is 15.4 Å². The van der Waals surface area contributed by atoms with Gasteiger partial charge in [0.1, 0.15) is 5.02 Å². The van der Waals surface area contributed by atoms with Crippen LogP contribution >= 0.6 is 22.9 Å². The maximum Gasteiger partial charge on any atom is 0.288 e. The maximum atomic E-state index is 12.2. The highest BCUT2D eigenvalue weighted by atomic mass is 35.5. The molecular formula is C16H9ClN2O3S. The molecule has 0 aliphatic heterocycles. The summed E-state index contributed by atoms with van der Waals surface area (Å²) in [4.78, 5) is 26.7. The van der Waals surface area contributed by atoms with Crippen molar-refractivity contribution in [3.8, 4) is 0 Å². The summed E-state index contributed by atoms with van der Waals surface area (Å²) in [5.74, 6) is -0.246. The summed E-state index contributed by atoms with van der Waals surface area (Å²) in [7, 11) is 0. The lowest BCUT2D eigenvalue weighted by Gasteiger charge is -1.97. The first-order valence-electron chi connectivity index (χ1n) is 6.56. The number of hydrogen-bond acceptors (Lipinski definition) is 5. The Morgan fingerprint density at radius 3 is 2.78 bits per heavy atom. The number of nitro benzene ring substituents is 1. The molecule has 0 saturated carbocycles. The molecule has 5 nitrogen and oxygen atoms in total. The van der Waals surface area contributed by atoms with Crippen molar-refractivity contribution in [3.05, 3.63) is 74.2 Å². The quantitative estimate of drug-likeness (QED) is 0.296. The van der Waals surface area contributed by atoms with Crippen LogP contribution in [0.5, 0.6) is 0 Å². The van der Waals surface area contributed by atoms with E-state index in [9.17, 15) is 14.9 Å². The first-order valence-corrected chi connectivity index (χ1v) is 7.76. The average molecular weight is 345 g/mol. The SMILES string of the molecule is O=C(/C=C/c1ccc(Cl)c([N+](=O)[O-])c1)c1nc2ccccc2s1. The Kier molecular flexibility index (Phi) is 4.18. The molecule has 7 heteroatoms. The van der Waals surface area contributed by atoms with E-state index in [0.29, 0.717) is 10.6 Å². The molecule has 0 spiro atoms. The molecule has 0 saturated heterocycles. The van der Waals surface area contributed by atoms with Crippen LogP contribution in [0, 0.1) is 10.1 Å². The van der Waals surface area contributed by atoms with E-state index in [1.807, 2.05) is 24.3 Å². The molecule has 23 heavy (non-hydrogen) atoms. The monoisotopic (exact) mass is 344 g/mol. The summed E-state index contributed by atoms with van der Waals surface area (Å²) in [5.41, 5.74) is 1.10. The molecule has 2 aromatic carbocycles. The number of benzene rings is 2. The molecule has 3 aromatic rings. The van der Waals surface area contributed by atoms with Gasteiger partial charge in [0.15, 0.2) is 5.01 Å². The molecular weight excluding hydrogens is 336 g/mol. The Balaban J connectivity index is 1.86. The van der Waals surface area contributed by atoms with Gasteiger partial charge in [-0.25, -0.2) is 4.98 Å². The zero-order valence-electron chi connectivity index (χ0n) is 11.6. The summed E-state index contributed by atoms with van der Waals surface area (Å²) in [5, 5.41) is 11.3. The van der Waals surface area contributed by atoms with E-state index in [-0.39, 0.29) is 16.5 Å². The van der Waals surface area contributed by atoms with Gasteiger partial charge in [-0.3, -0.25) is 14.9 Å². The smallest absolute Gasteiger partial charge is 0.287 e. The second-order valence-electron chi connectivity index (χ2n) is 4.65. The van der Waals surface area contributed by atoms with Crippen LogP contribution in [0.4, 0.5) is 5.69 Å². The number of allylic oxidation sites excluding steroid dienone is 1. The number of nitro groups is 1. The molecule has 0 radical (unpaired) electrons. The number of para-hydroxylation sites is 1. The lowest BCUT2D eigenvalue weighted by atomic mass is 10.1. The number of nitrogens with zero attached hydrogens (tertiary/aromatic N) is 2. The third-order valence-electron chi connectivity index (χ3n) is 3.10. The van der Waals surface area contributed by atoms with E-state index in [1.54, 1.807) is 6.07 Å². The first kappa shape index (κ1) is 15.3. The summed E-state index contributed by atoms with van der Waals surface area (Å²) >= 11 is 7.06. The Hall–Kier alpha value is -2.57. The van der Waals surface area contributed by atoms with Crippen LogP contribution < -0.4 is 0 Å². The fraction of sp³-hybridized carbons (Fsp3) is 0. The molecule has 1 aromatic heterocycles. The fourth-order valence-electron chi connectivity index (χ4n) is 1.99. The van der Waals surface area contributed by atoms with Crippen molar-refractivity contribution in [2.45, 2.75) is 0 Å². The Morgan fingerprint density at radius 1 is 1.26 bits per heavy atom. The molecule has 0 aliphatic carbocycles. The zero-order chi connectivity index (χ0) is 16.4. The zero-order valence-corrected chi connectivity index (χ0v) is 13.2. The van der Waals surface area contributed by atoms with Crippen LogP contribution in [-0.4, -0.2) is 15.7 Å². The number of aromatic nitrogens is 1. The minimum Gasteiger partial charge on any atom is -0.287 e. The Morgan fingerprint density at radius 2 is 2.04 bits per heavy atom. The van der Waals surface area contributed by atoms with Crippen molar-refractivity contribution >= 4 is 50.7 Å². The molecule has 3 rings (SSSR count). The molecule has 0 amide bonds. The third-order valence-corrected chi connectivity index (χ3v) is 4.47. The predicted octanol–water partition coefficient (Wildman–Crippen LogP) is 4.75. The lowest BCUT2D eigenvalue weighted by Crippen LogP contribution is -1.93. The highest BCUT2D eigenvalue weighted by Crippen LogP contribution is 2.26. The molecule has 0 fully saturated rings. The van der Waals surface area contributed by atoms with Gasteiger partial charge in [0.25, 0.3) is 5.69 Å². The number of fused-ring (bicyclic) bond motifs is 1. The molecule has 0 atom stereocenters. The molecule has 114 valence electrons. The van der Waals surface area contributed by atoms with Crippen LogP contribution in [-0.2, 0) is 0 Å². The van der Waals surface area contributed by atoms with Crippen LogP contribution in [0.3, 0.4) is 0 Å². The van der Waals surface area contributed by atoms with Gasteiger partial charge >= 0.3 is 0 Å². The maximum absolute atomic E-state index is 12.2. The lowest BCUT2D eigenvalue weighted by molar-refractivity contribution is -0.384. The standard InChI is InChI=1S/C16H9ClN2O3S/c17-11-7-5-10(9-13(11)19(21)22)6-8-14(20)16-18-12-3-1-2-4-15(12)23-16/h1-9H/b8-6+. The summed E-state index contributed by atoms with van der Waals surface area (Å²) in [6.07, 6.45) is 2.86. The molecule has 0 bridgehead atoms. The van der Waals surface area contributed by atoms with Gasteiger partial charge in [0.05, 0.1) is 15.1 Å². The van der Waals surface area contributed by atoms with Gasteiger partial charge in [-0.05, 0) is 29.8 Å². The summed E-state index contributed by atoms with van der Waals surface area (Å²) < 4.78 is 0.936. The number of carbonyl (C=O) groups excluding carboxylic acids is 1. The Bertz CT molecular complexity index is 916. The fourth-order valence-corrected chi connectivity index (χ4v) is 3.07. The highest BCUT2D eigenvalue weighted by Gasteiger charge is 2.12. The highest BCUT2D eigenvalue weighted by molar-refractivity contribution is 7.20. The van der Waals surface area contributed by atoms with Gasteiger partial charge in [0, 0.05) is 6.07 Å².